The van der Waals surface area contributed by atoms with Gasteiger partial charge in [-0.15, -0.1) is 0 Å². The number of piperidine rings is 1. The van der Waals surface area contributed by atoms with E-state index in [1.807, 2.05) is 30.3 Å². The molecule has 2 heterocycles. The Labute approximate surface area is 139 Å². The third-order valence-corrected chi connectivity index (χ3v) is 4.15. The molecule has 0 spiro atoms. The summed E-state index contributed by atoms with van der Waals surface area (Å²) in [6.45, 7) is 0.557. The molecule has 1 aromatic heterocycles. The molecular weight excluding hydrogens is 310 g/mol. The Morgan fingerprint density at radius 1 is 1.33 bits per heavy atom. The normalized spacial score (nSPS) is 20.8. The number of para-hydroxylation sites is 1. The van der Waals surface area contributed by atoms with Crippen molar-refractivity contribution in [2.75, 3.05) is 19.7 Å². The van der Waals surface area contributed by atoms with Crippen molar-refractivity contribution in [1.29, 1.82) is 0 Å². The number of nitrogens with one attached hydrogen (secondary N) is 1. The average molecular weight is 331 g/mol. The van der Waals surface area contributed by atoms with Crippen LogP contribution in [0.2, 0.25) is 0 Å². The Morgan fingerprint density at radius 2 is 2.12 bits per heavy atom. The number of carbonyl (C=O) groups excluding carboxylic acids is 1. The highest BCUT2D eigenvalue weighted by molar-refractivity contribution is 5.74. The standard InChI is InChI=1S/C16H21N5O3/c22-11-16(24)7-4-8-20(10-16)15(23)17-9-14-18-12-19-21(14)13-5-2-1-3-6-13/h1-3,5-6,12,22,24H,4,7-11H2,(H,17,23). The van der Waals surface area contributed by atoms with Crippen molar-refractivity contribution in [3.8, 4) is 5.69 Å². The van der Waals surface area contributed by atoms with E-state index < -0.39 is 5.60 Å². The minimum atomic E-state index is -1.21. The van der Waals surface area contributed by atoms with Crippen molar-refractivity contribution in [1.82, 2.24) is 25.0 Å². The minimum absolute atomic E-state index is 0.126. The molecule has 0 radical (unpaired) electrons. The number of aromatic nitrogens is 3. The molecule has 8 nitrogen and oxygen atoms in total. The van der Waals surface area contributed by atoms with E-state index in [1.54, 1.807) is 4.68 Å². The molecule has 1 fully saturated rings. The van der Waals surface area contributed by atoms with Crippen molar-refractivity contribution in [2.24, 2.45) is 0 Å². The largest absolute Gasteiger partial charge is 0.393 e. The van der Waals surface area contributed by atoms with Crippen LogP contribution in [-0.2, 0) is 6.54 Å². The first-order valence-electron chi connectivity index (χ1n) is 7.92. The quantitative estimate of drug-likeness (QED) is 0.747. The highest BCUT2D eigenvalue weighted by atomic mass is 16.3. The molecule has 1 atom stereocenters. The van der Waals surface area contributed by atoms with Crippen LogP contribution in [0.25, 0.3) is 5.69 Å². The van der Waals surface area contributed by atoms with Gasteiger partial charge in [-0.05, 0) is 25.0 Å². The summed E-state index contributed by atoms with van der Waals surface area (Å²) >= 11 is 0. The van der Waals surface area contributed by atoms with Gasteiger partial charge in [0.2, 0.25) is 0 Å². The van der Waals surface area contributed by atoms with Crippen molar-refractivity contribution in [2.45, 2.75) is 25.0 Å². The molecule has 1 aliphatic heterocycles. The fraction of sp³-hybridized carbons (Fsp3) is 0.438. The molecule has 128 valence electrons. The van der Waals surface area contributed by atoms with Gasteiger partial charge >= 0.3 is 6.03 Å². The van der Waals surface area contributed by atoms with E-state index in [0.717, 1.165) is 5.69 Å². The molecular formula is C16H21N5O3. The molecule has 2 amide bonds. The predicted octanol–water partition coefficient (Wildman–Crippen LogP) is 0.296. The van der Waals surface area contributed by atoms with Gasteiger partial charge in [0.05, 0.1) is 25.4 Å². The molecule has 1 unspecified atom stereocenters. The van der Waals surface area contributed by atoms with Crippen molar-refractivity contribution in [3.63, 3.8) is 0 Å². The monoisotopic (exact) mass is 331 g/mol. The van der Waals surface area contributed by atoms with E-state index in [-0.39, 0.29) is 25.7 Å². The van der Waals surface area contributed by atoms with Crippen molar-refractivity contribution >= 4 is 6.03 Å². The summed E-state index contributed by atoms with van der Waals surface area (Å²) in [6, 6.07) is 9.26. The van der Waals surface area contributed by atoms with Crippen LogP contribution < -0.4 is 5.32 Å². The summed E-state index contributed by atoms with van der Waals surface area (Å²) < 4.78 is 1.67. The number of aliphatic hydroxyl groups excluding tert-OH is 1. The van der Waals surface area contributed by atoms with Crippen LogP contribution in [0.5, 0.6) is 0 Å². The number of urea groups is 1. The summed E-state index contributed by atoms with van der Waals surface area (Å²) in [7, 11) is 0. The second-order valence-corrected chi connectivity index (χ2v) is 5.99. The Balaban J connectivity index is 1.62. The number of likely N-dealkylation sites (tertiary alicyclic amines) is 1. The summed E-state index contributed by atoms with van der Waals surface area (Å²) in [5.41, 5.74) is -0.341. The summed E-state index contributed by atoms with van der Waals surface area (Å²) in [5.74, 6) is 0.615. The zero-order valence-corrected chi connectivity index (χ0v) is 13.3. The number of benzene rings is 1. The van der Waals surface area contributed by atoms with Crippen LogP contribution in [0.15, 0.2) is 36.7 Å². The Morgan fingerprint density at radius 3 is 2.88 bits per heavy atom. The number of hydrogen-bond acceptors (Lipinski definition) is 5. The van der Waals surface area contributed by atoms with Crippen molar-refractivity contribution in [3.05, 3.63) is 42.5 Å². The van der Waals surface area contributed by atoms with Gasteiger partial charge in [-0.3, -0.25) is 0 Å². The molecule has 0 saturated carbocycles. The SMILES string of the molecule is O=C(NCc1ncnn1-c1ccccc1)N1CCCC(O)(CO)C1. The van der Waals surface area contributed by atoms with Crippen LogP contribution in [0.4, 0.5) is 4.79 Å². The molecule has 2 aromatic rings. The number of amides is 2. The second kappa shape index (κ2) is 6.98. The van der Waals surface area contributed by atoms with Gasteiger partial charge in [0.1, 0.15) is 11.9 Å². The molecule has 0 bridgehead atoms. The highest BCUT2D eigenvalue weighted by Gasteiger charge is 2.34. The minimum Gasteiger partial charge on any atom is -0.393 e. The van der Waals surface area contributed by atoms with Crippen LogP contribution >= 0.6 is 0 Å². The summed E-state index contributed by atoms with van der Waals surface area (Å²) in [4.78, 5) is 18.0. The first-order valence-corrected chi connectivity index (χ1v) is 7.92. The summed E-state index contributed by atoms with van der Waals surface area (Å²) in [5, 5.41) is 26.4. The zero-order chi connectivity index (χ0) is 17.0. The Kier molecular flexibility index (Phi) is 4.77. The number of rotatable bonds is 4. The fourth-order valence-corrected chi connectivity index (χ4v) is 2.85. The van der Waals surface area contributed by atoms with Crippen LogP contribution in [-0.4, -0.2) is 61.2 Å². The van der Waals surface area contributed by atoms with E-state index in [9.17, 15) is 15.0 Å². The fourth-order valence-electron chi connectivity index (χ4n) is 2.85. The molecule has 24 heavy (non-hydrogen) atoms. The highest BCUT2D eigenvalue weighted by Crippen LogP contribution is 2.20. The van der Waals surface area contributed by atoms with Gasteiger partial charge < -0.3 is 20.4 Å². The average Bonchev–Trinajstić information content (AvgIpc) is 3.09. The topological polar surface area (TPSA) is 104 Å². The third-order valence-electron chi connectivity index (χ3n) is 4.15. The van der Waals surface area contributed by atoms with Crippen molar-refractivity contribution < 1.29 is 15.0 Å². The van der Waals surface area contributed by atoms with Gasteiger partial charge in [-0.2, -0.15) is 5.10 Å². The maximum absolute atomic E-state index is 12.3. The number of carbonyl (C=O) groups is 1. The van der Waals surface area contributed by atoms with Gasteiger partial charge in [-0.25, -0.2) is 14.5 Å². The maximum Gasteiger partial charge on any atom is 0.317 e. The maximum atomic E-state index is 12.3. The van der Waals surface area contributed by atoms with Crippen LogP contribution in [0.1, 0.15) is 18.7 Å². The molecule has 0 aliphatic carbocycles. The summed E-state index contributed by atoms with van der Waals surface area (Å²) in [6.07, 6.45) is 2.60. The third kappa shape index (κ3) is 3.55. The molecule has 3 rings (SSSR count). The van der Waals surface area contributed by atoms with Gasteiger partial charge in [0.25, 0.3) is 0 Å². The van der Waals surface area contributed by atoms with Gasteiger partial charge in [-0.1, -0.05) is 18.2 Å². The number of β-amino-alcohol motifs (C(OH)–C–C–N with tert-alkyl or cyclic N) is 1. The first kappa shape index (κ1) is 16.4. The number of nitrogens with zero attached hydrogens (tertiary/aromatic N) is 4. The molecule has 1 aromatic carbocycles. The van der Waals surface area contributed by atoms with Crippen LogP contribution in [0, 0.1) is 0 Å². The van der Waals surface area contributed by atoms with E-state index in [2.05, 4.69) is 15.4 Å². The number of aliphatic hydroxyl groups is 2. The van der Waals surface area contributed by atoms with E-state index in [0.29, 0.717) is 25.2 Å². The molecule has 1 saturated heterocycles. The lowest BCUT2D eigenvalue weighted by atomic mass is 9.94. The number of hydrogen-bond donors (Lipinski definition) is 3. The van der Waals surface area contributed by atoms with Gasteiger partial charge in [0, 0.05) is 6.54 Å². The zero-order valence-electron chi connectivity index (χ0n) is 13.3. The second-order valence-electron chi connectivity index (χ2n) is 5.99. The predicted molar refractivity (Wildman–Crippen MR) is 86.4 cm³/mol. The lowest BCUT2D eigenvalue weighted by molar-refractivity contribution is -0.0569. The van der Waals surface area contributed by atoms with E-state index >= 15 is 0 Å². The molecule has 8 heteroatoms. The Bertz CT molecular complexity index is 690. The molecule has 1 aliphatic rings. The lowest BCUT2D eigenvalue weighted by Crippen LogP contribution is -2.54. The van der Waals surface area contributed by atoms with E-state index in [4.69, 9.17) is 0 Å². The Hall–Kier alpha value is -2.45. The first-order chi connectivity index (χ1) is 11.6. The smallest absolute Gasteiger partial charge is 0.317 e. The van der Waals surface area contributed by atoms with Crippen LogP contribution in [0.3, 0.4) is 0 Å². The lowest BCUT2D eigenvalue weighted by Gasteiger charge is -2.37. The van der Waals surface area contributed by atoms with Gasteiger partial charge in [0.15, 0.2) is 5.82 Å². The molecule has 3 N–H and O–H groups in total. The van der Waals surface area contributed by atoms with E-state index in [1.165, 1.54) is 11.2 Å².